The van der Waals surface area contributed by atoms with E-state index in [2.05, 4.69) is 32.9 Å². The van der Waals surface area contributed by atoms with Crippen LogP contribution < -0.4 is 0 Å². The summed E-state index contributed by atoms with van der Waals surface area (Å²) >= 11 is 0. The molecule has 0 saturated carbocycles. The van der Waals surface area contributed by atoms with E-state index in [-0.39, 0.29) is 5.78 Å². The summed E-state index contributed by atoms with van der Waals surface area (Å²) in [5.74, 6) is 1.74. The Kier molecular flexibility index (Phi) is 9.63. The molecule has 0 aliphatic rings. The van der Waals surface area contributed by atoms with Crippen molar-refractivity contribution in [1.82, 2.24) is 0 Å². The molecule has 0 fully saturated rings. The number of rotatable bonds is 9. The first-order valence-electron chi connectivity index (χ1n) is 7.31. The van der Waals surface area contributed by atoms with Crippen LogP contribution >= 0.6 is 0 Å². The van der Waals surface area contributed by atoms with Crippen LogP contribution in [0.5, 0.6) is 0 Å². The fourth-order valence-corrected chi connectivity index (χ4v) is 1.99. The molecular weight excluding hydrogens is 220 g/mol. The largest absolute Gasteiger partial charge is 0.295 e. The Morgan fingerprint density at radius 1 is 1.11 bits per heavy atom. The highest BCUT2D eigenvalue weighted by Gasteiger charge is 2.02. The summed E-state index contributed by atoms with van der Waals surface area (Å²) in [5.41, 5.74) is 1.05. The molecule has 104 valence electrons. The van der Waals surface area contributed by atoms with Crippen LogP contribution in [0, 0.1) is 11.8 Å². The Labute approximate surface area is 113 Å². The number of hydrogen-bond donors (Lipinski definition) is 0. The van der Waals surface area contributed by atoms with Gasteiger partial charge in [0, 0.05) is 0 Å². The fraction of sp³-hybridized carbons (Fsp3) is 0.706. The topological polar surface area (TPSA) is 17.1 Å². The van der Waals surface area contributed by atoms with Gasteiger partial charge < -0.3 is 0 Å². The van der Waals surface area contributed by atoms with E-state index in [9.17, 15) is 4.79 Å². The van der Waals surface area contributed by atoms with Gasteiger partial charge in [-0.15, -0.1) is 0 Å². The van der Waals surface area contributed by atoms with Crippen molar-refractivity contribution in [1.29, 1.82) is 0 Å². The maximum absolute atomic E-state index is 10.9. The van der Waals surface area contributed by atoms with Gasteiger partial charge >= 0.3 is 0 Å². The monoisotopic (exact) mass is 250 g/mol. The lowest BCUT2D eigenvalue weighted by molar-refractivity contribution is -0.112. The molecule has 2 atom stereocenters. The molecule has 0 radical (unpaired) electrons. The molecular formula is C17H30O. The summed E-state index contributed by atoms with van der Waals surface area (Å²) in [6, 6.07) is 0. The van der Waals surface area contributed by atoms with Gasteiger partial charge in [0.25, 0.3) is 0 Å². The molecule has 0 aliphatic heterocycles. The lowest BCUT2D eigenvalue weighted by atomic mass is 9.95. The van der Waals surface area contributed by atoms with Crippen LogP contribution in [-0.4, -0.2) is 5.78 Å². The molecule has 0 aromatic carbocycles. The minimum absolute atomic E-state index is 0.124. The van der Waals surface area contributed by atoms with E-state index < -0.39 is 0 Å². The van der Waals surface area contributed by atoms with Crippen LogP contribution in [0.4, 0.5) is 0 Å². The van der Waals surface area contributed by atoms with Gasteiger partial charge in [-0.25, -0.2) is 0 Å². The molecule has 0 bridgehead atoms. The minimum atomic E-state index is 0.124. The Hall–Kier alpha value is -0.850. The molecule has 2 unspecified atom stereocenters. The zero-order valence-corrected chi connectivity index (χ0v) is 12.8. The van der Waals surface area contributed by atoms with E-state index in [0.717, 1.165) is 23.8 Å². The molecule has 0 N–H and O–H groups in total. The van der Waals surface area contributed by atoms with Crippen molar-refractivity contribution in [3.05, 3.63) is 23.8 Å². The number of carbonyl (C=O) groups is 1. The van der Waals surface area contributed by atoms with E-state index in [1.807, 2.05) is 6.92 Å². The third-order valence-corrected chi connectivity index (χ3v) is 3.44. The molecule has 0 aromatic heterocycles. The highest BCUT2D eigenvalue weighted by atomic mass is 16.1. The van der Waals surface area contributed by atoms with Gasteiger partial charge in [-0.1, -0.05) is 58.6 Å². The van der Waals surface area contributed by atoms with Gasteiger partial charge in [0.2, 0.25) is 0 Å². The lowest BCUT2D eigenvalue weighted by Gasteiger charge is -2.11. The number of ketones is 1. The van der Waals surface area contributed by atoms with Crippen molar-refractivity contribution in [3.63, 3.8) is 0 Å². The normalized spacial score (nSPS) is 15.9. The molecule has 18 heavy (non-hydrogen) atoms. The second-order valence-corrected chi connectivity index (χ2v) is 5.69. The van der Waals surface area contributed by atoms with Gasteiger partial charge in [0.05, 0.1) is 0 Å². The van der Waals surface area contributed by atoms with Gasteiger partial charge in [-0.2, -0.15) is 0 Å². The van der Waals surface area contributed by atoms with Crippen molar-refractivity contribution in [2.24, 2.45) is 11.8 Å². The molecule has 0 aromatic rings. The van der Waals surface area contributed by atoms with Crippen molar-refractivity contribution >= 4 is 5.78 Å². The van der Waals surface area contributed by atoms with Crippen LogP contribution in [0.1, 0.15) is 66.7 Å². The fourth-order valence-electron chi connectivity index (χ4n) is 1.99. The van der Waals surface area contributed by atoms with Gasteiger partial charge in [-0.3, -0.25) is 4.79 Å². The first-order chi connectivity index (χ1) is 8.45. The summed E-state index contributed by atoms with van der Waals surface area (Å²) in [6.45, 7) is 10.5. The zero-order valence-electron chi connectivity index (χ0n) is 12.8. The number of allylic oxidation sites excluding steroid dienone is 4. The Bertz CT molecular complexity index is 286. The molecule has 0 aliphatic carbocycles. The second kappa shape index (κ2) is 10.1. The highest BCUT2D eigenvalue weighted by Crippen LogP contribution is 2.17. The maximum atomic E-state index is 10.9. The molecule has 0 amide bonds. The third kappa shape index (κ3) is 10.3. The van der Waals surface area contributed by atoms with Crippen LogP contribution in [0.15, 0.2) is 23.8 Å². The standard InChI is InChI=1S/C17H30O/c1-6-14(2)9-7-10-15(3)11-8-12-16(4)13-17(5)18/h8,12-15H,6-7,9-11H2,1-5H3. The predicted molar refractivity (Wildman–Crippen MR) is 80.7 cm³/mol. The van der Waals surface area contributed by atoms with Crippen molar-refractivity contribution in [2.45, 2.75) is 66.7 Å². The smallest absolute Gasteiger partial charge is 0.152 e. The van der Waals surface area contributed by atoms with E-state index in [4.69, 9.17) is 0 Å². The first-order valence-corrected chi connectivity index (χ1v) is 7.31. The second-order valence-electron chi connectivity index (χ2n) is 5.69. The lowest BCUT2D eigenvalue weighted by Crippen LogP contribution is -1.97. The Morgan fingerprint density at radius 2 is 1.72 bits per heavy atom. The number of hydrogen-bond acceptors (Lipinski definition) is 1. The molecule has 0 rings (SSSR count). The van der Waals surface area contributed by atoms with Crippen LogP contribution in [0.3, 0.4) is 0 Å². The van der Waals surface area contributed by atoms with E-state index >= 15 is 0 Å². The SMILES string of the molecule is CCC(C)CCCC(C)CC=CC(C)=CC(C)=O. The molecule has 0 spiro atoms. The van der Waals surface area contributed by atoms with Crippen LogP contribution in [0.25, 0.3) is 0 Å². The first kappa shape index (κ1) is 17.2. The quantitative estimate of drug-likeness (QED) is 0.400. The van der Waals surface area contributed by atoms with E-state index in [1.54, 1.807) is 13.0 Å². The van der Waals surface area contributed by atoms with E-state index in [1.165, 1.54) is 25.7 Å². The Balaban J connectivity index is 3.79. The van der Waals surface area contributed by atoms with Gasteiger partial charge in [-0.05, 0) is 43.8 Å². The molecule has 0 saturated heterocycles. The van der Waals surface area contributed by atoms with Gasteiger partial charge in [0.1, 0.15) is 0 Å². The van der Waals surface area contributed by atoms with Crippen molar-refractivity contribution in [3.8, 4) is 0 Å². The third-order valence-electron chi connectivity index (χ3n) is 3.44. The average molecular weight is 250 g/mol. The van der Waals surface area contributed by atoms with Crippen molar-refractivity contribution in [2.75, 3.05) is 0 Å². The predicted octanol–water partition coefficient (Wildman–Crippen LogP) is 5.32. The Morgan fingerprint density at radius 3 is 2.28 bits per heavy atom. The minimum Gasteiger partial charge on any atom is -0.295 e. The van der Waals surface area contributed by atoms with E-state index in [0.29, 0.717) is 0 Å². The average Bonchev–Trinajstić information content (AvgIpc) is 2.27. The maximum Gasteiger partial charge on any atom is 0.152 e. The van der Waals surface area contributed by atoms with Gasteiger partial charge in [0.15, 0.2) is 5.78 Å². The molecule has 1 nitrogen and oxygen atoms in total. The molecule has 0 heterocycles. The summed E-state index contributed by atoms with van der Waals surface area (Å²) in [7, 11) is 0. The highest BCUT2D eigenvalue weighted by molar-refractivity contribution is 5.88. The summed E-state index contributed by atoms with van der Waals surface area (Å²) < 4.78 is 0. The molecule has 1 heteroatoms. The van der Waals surface area contributed by atoms with Crippen LogP contribution in [0.2, 0.25) is 0 Å². The zero-order chi connectivity index (χ0) is 14.0. The summed E-state index contributed by atoms with van der Waals surface area (Å²) in [6.07, 6.45) is 12.4. The summed E-state index contributed by atoms with van der Waals surface area (Å²) in [4.78, 5) is 10.9. The summed E-state index contributed by atoms with van der Waals surface area (Å²) in [5, 5.41) is 0. The van der Waals surface area contributed by atoms with Crippen molar-refractivity contribution < 1.29 is 4.79 Å². The van der Waals surface area contributed by atoms with Crippen LogP contribution in [-0.2, 0) is 4.79 Å². The number of carbonyl (C=O) groups excluding carboxylic acids is 1.